The summed E-state index contributed by atoms with van der Waals surface area (Å²) in [6.07, 6.45) is 4.81. The van der Waals surface area contributed by atoms with Crippen LogP contribution in [0.1, 0.15) is 161 Å². The molecule has 2 N–H and O–H groups in total. The zero-order chi connectivity index (χ0) is 49.8. The lowest BCUT2D eigenvalue weighted by molar-refractivity contribution is -0.375. The Balaban J connectivity index is 1.13. The second kappa shape index (κ2) is 18.5. The SMILES string of the molecule is CCC1O[C@@H](OC2[C@H](O[C@H]3CCC4(C)C5CC=C6C7CC(C)(C)CC[C@]7(C(=O)O)C(OC)C[C@@]6(C)C5(C)CC[C@H]4[C@@]3(C)C=O)OC(C(=O)O)[C@@H](C)[C@@H]2OC2OCC(C)C(C)C2C)C(C)[C@@H](C)[C@H]1C. The highest BCUT2D eigenvalue weighted by atomic mass is 16.8. The molecule has 24 atom stereocenters. The minimum absolute atomic E-state index is 0.0138. The Morgan fingerprint density at radius 1 is 0.735 bits per heavy atom. The number of aliphatic carboxylic acids is 2. The number of carboxylic acids is 2. The number of fused-ring (bicyclic) bond motifs is 7. The van der Waals surface area contributed by atoms with Crippen LogP contribution in [0.25, 0.3) is 0 Å². The molecule has 8 rings (SSSR count). The topological polar surface area (TPSA) is 156 Å². The maximum Gasteiger partial charge on any atom is 0.333 e. The van der Waals surface area contributed by atoms with E-state index in [1.165, 1.54) is 5.57 Å². The number of aldehydes is 1. The first-order valence-electron chi connectivity index (χ1n) is 26.8. The summed E-state index contributed by atoms with van der Waals surface area (Å²) in [6, 6.07) is 0. The van der Waals surface area contributed by atoms with Crippen molar-refractivity contribution in [2.75, 3.05) is 13.7 Å². The minimum Gasteiger partial charge on any atom is -0.481 e. The fraction of sp³-hybridized carbons (Fsp3) is 0.911. The average Bonchev–Trinajstić information content (AvgIpc) is 3.28. The largest absolute Gasteiger partial charge is 0.481 e. The van der Waals surface area contributed by atoms with E-state index >= 15 is 0 Å². The second-order valence-electron chi connectivity index (χ2n) is 25.9. The highest BCUT2D eigenvalue weighted by molar-refractivity contribution is 5.78. The number of carbonyl (C=O) groups is 3. The van der Waals surface area contributed by atoms with Crippen LogP contribution in [0.5, 0.6) is 0 Å². The molecule has 13 unspecified atom stereocenters. The van der Waals surface area contributed by atoms with Crippen LogP contribution in [-0.4, -0.2) is 97.6 Å². The summed E-state index contributed by atoms with van der Waals surface area (Å²) in [6.45, 7) is 31.6. The molecule has 8 aliphatic rings. The van der Waals surface area contributed by atoms with E-state index in [0.29, 0.717) is 43.6 Å². The minimum atomic E-state index is -1.26. The van der Waals surface area contributed by atoms with Crippen molar-refractivity contribution >= 4 is 18.2 Å². The first kappa shape index (κ1) is 52.4. The predicted octanol–water partition coefficient (Wildman–Crippen LogP) is 10.6. The van der Waals surface area contributed by atoms with Gasteiger partial charge in [-0.2, -0.15) is 0 Å². The number of methoxy groups -OCH3 is 1. The Labute approximate surface area is 408 Å². The number of hydrogen-bond donors (Lipinski definition) is 2. The van der Waals surface area contributed by atoms with Gasteiger partial charge in [-0.05, 0) is 127 Å². The Morgan fingerprint density at radius 2 is 1.41 bits per heavy atom. The van der Waals surface area contributed by atoms with Gasteiger partial charge in [0.25, 0.3) is 0 Å². The molecule has 3 heterocycles. The van der Waals surface area contributed by atoms with Gasteiger partial charge in [0.15, 0.2) is 25.0 Å². The van der Waals surface area contributed by atoms with Crippen molar-refractivity contribution in [2.45, 2.75) is 217 Å². The van der Waals surface area contributed by atoms with Crippen molar-refractivity contribution in [1.82, 2.24) is 0 Å². The average molecular weight is 955 g/mol. The van der Waals surface area contributed by atoms with Gasteiger partial charge in [-0.1, -0.05) is 109 Å². The van der Waals surface area contributed by atoms with Crippen LogP contribution in [0.2, 0.25) is 0 Å². The molecule has 0 aromatic rings. The molecule has 12 nitrogen and oxygen atoms in total. The van der Waals surface area contributed by atoms with Crippen LogP contribution < -0.4 is 0 Å². The van der Waals surface area contributed by atoms with Gasteiger partial charge in [-0.15, -0.1) is 0 Å². The second-order valence-corrected chi connectivity index (χ2v) is 25.9. The molecule has 0 aromatic heterocycles. The molecule has 4 saturated carbocycles. The van der Waals surface area contributed by atoms with Crippen LogP contribution in [0.4, 0.5) is 0 Å². The number of carbonyl (C=O) groups excluding carboxylic acids is 1. The van der Waals surface area contributed by atoms with E-state index in [2.05, 4.69) is 96.1 Å². The summed E-state index contributed by atoms with van der Waals surface area (Å²) < 4.78 is 47.5. The van der Waals surface area contributed by atoms with Crippen LogP contribution in [0, 0.1) is 91.7 Å². The summed E-state index contributed by atoms with van der Waals surface area (Å²) >= 11 is 0. The molecular formula is C56H90O12. The lowest BCUT2D eigenvalue weighted by atomic mass is 9.33. The molecule has 3 saturated heterocycles. The molecule has 12 heteroatoms. The summed E-state index contributed by atoms with van der Waals surface area (Å²) in [5.74, 6) is -1.10. The van der Waals surface area contributed by atoms with Crippen molar-refractivity contribution < 1.29 is 57.8 Å². The first-order chi connectivity index (χ1) is 31.8. The normalized spacial score (nSPS) is 53.4. The fourth-order valence-electron chi connectivity index (χ4n) is 16.8. The third-order valence-corrected chi connectivity index (χ3v) is 22.3. The molecule has 386 valence electrons. The van der Waals surface area contributed by atoms with E-state index in [0.717, 1.165) is 51.2 Å². The van der Waals surface area contributed by atoms with Crippen molar-refractivity contribution in [3.05, 3.63) is 11.6 Å². The lowest BCUT2D eigenvalue weighted by Gasteiger charge is -2.71. The predicted molar refractivity (Wildman–Crippen MR) is 257 cm³/mol. The van der Waals surface area contributed by atoms with Gasteiger partial charge in [0.2, 0.25) is 0 Å². The van der Waals surface area contributed by atoms with Gasteiger partial charge in [0, 0.05) is 24.9 Å². The molecule has 7 fully saturated rings. The van der Waals surface area contributed by atoms with Crippen LogP contribution >= 0.6 is 0 Å². The molecule has 0 amide bonds. The van der Waals surface area contributed by atoms with E-state index < -0.39 is 78.1 Å². The fourth-order valence-corrected chi connectivity index (χ4v) is 16.8. The monoisotopic (exact) mass is 955 g/mol. The first-order valence-corrected chi connectivity index (χ1v) is 26.8. The van der Waals surface area contributed by atoms with Crippen molar-refractivity contribution in [3.63, 3.8) is 0 Å². The van der Waals surface area contributed by atoms with Gasteiger partial charge in [0.05, 0.1) is 36.4 Å². The summed E-state index contributed by atoms with van der Waals surface area (Å²) in [5, 5.41) is 21.9. The van der Waals surface area contributed by atoms with Crippen molar-refractivity contribution in [1.29, 1.82) is 0 Å². The van der Waals surface area contributed by atoms with Gasteiger partial charge >= 0.3 is 11.9 Å². The van der Waals surface area contributed by atoms with Gasteiger partial charge < -0.3 is 48.2 Å². The zero-order valence-corrected chi connectivity index (χ0v) is 44.4. The smallest absolute Gasteiger partial charge is 0.333 e. The summed E-state index contributed by atoms with van der Waals surface area (Å²) in [4.78, 5) is 40.8. The molecule has 0 aromatic carbocycles. The third kappa shape index (κ3) is 7.95. The van der Waals surface area contributed by atoms with Gasteiger partial charge in [-0.25, -0.2) is 4.79 Å². The maximum atomic E-state index is 14.1. The molecule has 0 spiro atoms. The zero-order valence-electron chi connectivity index (χ0n) is 44.4. The molecule has 68 heavy (non-hydrogen) atoms. The summed E-state index contributed by atoms with van der Waals surface area (Å²) in [5.41, 5.74) is -1.31. The highest BCUT2D eigenvalue weighted by Crippen LogP contribution is 2.76. The van der Waals surface area contributed by atoms with Crippen LogP contribution in [0.3, 0.4) is 0 Å². The molecule has 3 aliphatic heterocycles. The van der Waals surface area contributed by atoms with E-state index in [-0.39, 0.29) is 63.3 Å². The molecule has 5 aliphatic carbocycles. The number of ether oxygens (including phenoxy) is 7. The highest BCUT2D eigenvalue weighted by Gasteiger charge is 2.72. The Hall–Kier alpha value is -1.93. The van der Waals surface area contributed by atoms with E-state index in [4.69, 9.17) is 33.2 Å². The van der Waals surface area contributed by atoms with E-state index in [9.17, 15) is 24.6 Å². The maximum absolute atomic E-state index is 14.1. The Kier molecular flexibility index (Phi) is 14.3. The van der Waals surface area contributed by atoms with Crippen molar-refractivity contribution in [3.8, 4) is 0 Å². The van der Waals surface area contributed by atoms with Gasteiger partial charge in [0.1, 0.15) is 17.8 Å². The van der Waals surface area contributed by atoms with Crippen molar-refractivity contribution in [2.24, 2.45) is 91.7 Å². The number of hydrogen-bond acceptors (Lipinski definition) is 10. The quantitative estimate of drug-likeness (QED) is 0.115. The Morgan fingerprint density at radius 3 is 2.04 bits per heavy atom. The standard InChI is InChI=1S/C56H90O12/c1-16-38-32(5)31(4)34(7)48(64-38)68-45-43(66-47-33(6)30(3)29(2)27-63-47)35(8)44(46(58)59)67-49(45)65-41-20-21-52(11)39(53(41,12)28-57)19-22-54(13)40(52)18-17-36-37-25-51(9,10)23-24-56(37,50(60)61)42(62-15)26-55(36,54)14/h17,28-35,37-45,47-49H,16,18-27H2,1-15H3,(H,58,59)(H,60,61)/t29?,30?,31-,32+,33?,34?,35-,37?,38?,39+,40?,41-,42?,43-,44?,45?,47?,48-,49+,52?,53+,54?,55+,56+/m0/s1. The van der Waals surface area contributed by atoms with Gasteiger partial charge in [-0.3, -0.25) is 4.79 Å². The van der Waals surface area contributed by atoms with Crippen LogP contribution in [-0.2, 0) is 47.5 Å². The number of allylic oxidation sites excluding steroid dienone is 2. The number of carboxylic acid groups (broad SMARTS) is 2. The van der Waals surface area contributed by atoms with Crippen LogP contribution in [0.15, 0.2) is 11.6 Å². The molecule has 0 bridgehead atoms. The molecule has 0 radical (unpaired) electrons. The number of rotatable bonds is 11. The van der Waals surface area contributed by atoms with E-state index in [1.807, 2.05) is 6.92 Å². The summed E-state index contributed by atoms with van der Waals surface area (Å²) in [7, 11) is 1.71. The Bertz CT molecular complexity index is 1920. The lowest BCUT2D eigenvalue weighted by Crippen LogP contribution is -2.68. The third-order valence-electron chi connectivity index (χ3n) is 22.3. The van der Waals surface area contributed by atoms with E-state index in [1.54, 1.807) is 7.11 Å². The molecular weight excluding hydrogens is 865 g/mol.